The molecule has 1 saturated carbocycles. The number of nitrogens with zero attached hydrogens (tertiary/aromatic N) is 2. The van der Waals surface area contributed by atoms with Crippen LogP contribution in [-0.2, 0) is 37.0 Å². The summed E-state index contributed by atoms with van der Waals surface area (Å²) in [4.78, 5) is 42.0. The molecule has 4 aliphatic rings. The second-order valence-corrected chi connectivity index (χ2v) is 18.2. The molecule has 3 aromatic rings. The van der Waals surface area contributed by atoms with E-state index in [0.717, 1.165) is 59.1 Å². The summed E-state index contributed by atoms with van der Waals surface area (Å²) in [7, 11) is 0. The highest BCUT2D eigenvalue weighted by Gasteiger charge is 2.48. The lowest BCUT2D eigenvalue weighted by molar-refractivity contribution is -0.278. The van der Waals surface area contributed by atoms with Gasteiger partial charge in [-0.3, -0.25) is 19.3 Å². The van der Waals surface area contributed by atoms with Gasteiger partial charge in [-0.1, -0.05) is 80.4 Å². The number of benzene rings is 3. The Morgan fingerprint density at radius 2 is 1.50 bits per heavy atom. The van der Waals surface area contributed by atoms with Gasteiger partial charge >= 0.3 is 12.1 Å². The minimum Gasteiger partial charge on any atom is -0.392 e. The summed E-state index contributed by atoms with van der Waals surface area (Å²) in [5, 5.41) is 15.8. The topological polar surface area (TPSA) is 120 Å². The highest BCUT2D eigenvalue weighted by atomic mass is 19.4. The fourth-order valence-electron chi connectivity index (χ4n) is 9.74. The number of alkyl halides is 3. The molecule has 3 saturated heterocycles. The first-order chi connectivity index (χ1) is 28.6. The molecule has 0 unspecified atom stereocenters. The molecule has 324 valence electrons. The molecule has 3 aromatic carbocycles. The Balaban J connectivity index is 1.13. The summed E-state index contributed by atoms with van der Waals surface area (Å²) in [6.07, 6.45) is 0.523. The van der Waals surface area contributed by atoms with Crippen LogP contribution in [0.3, 0.4) is 0 Å². The molecule has 7 rings (SSSR count). The second kappa shape index (κ2) is 18.4. The van der Waals surface area contributed by atoms with E-state index in [4.69, 9.17) is 9.47 Å². The largest absolute Gasteiger partial charge is 0.471 e. The lowest BCUT2D eigenvalue weighted by Crippen LogP contribution is -2.61. The molecule has 3 N–H and O–H groups in total. The zero-order valence-electron chi connectivity index (χ0n) is 35.0. The molecule has 0 radical (unpaired) electrons. The third kappa shape index (κ3) is 10.1. The highest BCUT2D eigenvalue weighted by molar-refractivity contribution is 5.90. The fraction of sp³-hybridized carbons (Fsp3) is 0.553. The van der Waals surface area contributed by atoms with Gasteiger partial charge < -0.3 is 30.1 Å². The second-order valence-electron chi connectivity index (χ2n) is 18.2. The van der Waals surface area contributed by atoms with Crippen molar-refractivity contribution in [1.82, 2.24) is 20.4 Å². The van der Waals surface area contributed by atoms with Gasteiger partial charge in [-0.15, -0.1) is 0 Å². The van der Waals surface area contributed by atoms with E-state index in [9.17, 15) is 32.7 Å². The summed E-state index contributed by atoms with van der Waals surface area (Å²) in [5.41, 5.74) is 4.72. The molecule has 3 aliphatic heterocycles. The van der Waals surface area contributed by atoms with Gasteiger partial charge in [0.1, 0.15) is 6.04 Å². The molecule has 10 nitrogen and oxygen atoms in total. The van der Waals surface area contributed by atoms with Crippen LogP contribution in [-0.4, -0.2) is 81.7 Å². The van der Waals surface area contributed by atoms with E-state index in [2.05, 4.69) is 22.5 Å². The zero-order chi connectivity index (χ0) is 42.8. The smallest absolute Gasteiger partial charge is 0.392 e. The number of nitrogens with one attached hydrogen (secondary N) is 2. The Hall–Kier alpha value is -4.30. The number of rotatable bonds is 10. The molecule has 0 bridgehead atoms. The van der Waals surface area contributed by atoms with Gasteiger partial charge in [0.05, 0.1) is 24.9 Å². The number of amides is 3. The predicted octanol–water partition coefficient (Wildman–Crippen LogP) is 7.74. The van der Waals surface area contributed by atoms with Gasteiger partial charge in [0.25, 0.3) is 0 Å². The van der Waals surface area contributed by atoms with E-state index in [1.807, 2.05) is 93.6 Å². The van der Waals surface area contributed by atoms with E-state index in [-0.39, 0.29) is 61.7 Å². The Bertz CT molecular complexity index is 1990. The average molecular weight is 833 g/mol. The quantitative estimate of drug-likeness (QED) is 0.191. The molecule has 0 aromatic heterocycles. The number of carbonyl (C=O) groups is 3. The molecule has 4 fully saturated rings. The maximum Gasteiger partial charge on any atom is 0.471 e. The first-order valence-corrected chi connectivity index (χ1v) is 21.5. The van der Waals surface area contributed by atoms with Crippen LogP contribution in [0.25, 0.3) is 11.1 Å². The molecule has 0 spiro atoms. The third-order valence-electron chi connectivity index (χ3n) is 12.8. The minimum absolute atomic E-state index is 0.0606. The van der Waals surface area contributed by atoms with Crippen LogP contribution in [0, 0.1) is 11.8 Å². The highest BCUT2D eigenvalue weighted by Crippen LogP contribution is 2.45. The lowest BCUT2D eigenvalue weighted by Gasteiger charge is -2.51. The van der Waals surface area contributed by atoms with E-state index >= 15 is 0 Å². The van der Waals surface area contributed by atoms with Crippen molar-refractivity contribution >= 4 is 17.7 Å². The molecule has 8 atom stereocenters. The summed E-state index contributed by atoms with van der Waals surface area (Å²) in [6, 6.07) is 22.2. The monoisotopic (exact) mass is 832 g/mol. The number of ether oxygens (including phenoxy) is 2. The van der Waals surface area contributed by atoms with Crippen LogP contribution in [0.1, 0.15) is 114 Å². The van der Waals surface area contributed by atoms with Gasteiger partial charge in [0, 0.05) is 42.7 Å². The van der Waals surface area contributed by atoms with Crippen molar-refractivity contribution < 1.29 is 42.1 Å². The number of aliphatic hydroxyl groups is 1. The maximum atomic E-state index is 13.9. The van der Waals surface area contributed by atoms with Gasteiger partial charge in [0.2, 0.25) is 11.8 Å². The SMILES string of the molecule is C[C@@H]1[C@H](CN2[C@@H](C(=O)NC(C)(C)C)CC[C@H]3CCCC[C@H]32)O[C@H](c2cccc(-c3cccc(CNC(=O)[C@@H]4CCCN4C(=O)C(F)(F)F)c3)c2)O[C@@H]1c1ccc(CO)cc1. The van der Waals surface area contributed by atoms with Crippen molar-refractivity contribution in [2.45, 2.75) is 141 Å². The molecule has 60 heavy (non-hydrogen) atoms. The van der Waals surface area contributed by atoms with E-state index in [1.54, 1.807) is 0 Å². The standard InChI is InChI=1S/C47H59F3N4O6/c1-29-40(27-54-37-15-6-5-11-32(37)21-22-39(54)43(57)52-46(2,3)4)59-44(60-41(29)33-19-17-30(28-55)18-20-33)36-14-8-13-35(25-36)34-12-7-10-31(24-34)26-51-42(56)38-16-9-23-53(38)45(58)47(48,49)50/h7-8,10,12-14,17-20,24-25,29,32,37-41,44,55H,5-6,9,11,15-16,21-23,26-28H2,1-4H3,(H,51,56)(H,52,57)/t29-,32-,37-,38+,39-,40+,41+,44+/m1/s1. The molecule has 3 heterocycles. The van der Waals surface area contributed by atoms with Crippen molar-refractivity contribution in [3.8, 4) is 11.1 Å². The van der Waals surface area contributed by atoms with Crippen LogP contribution in [0.15, 0.2) is 72.8 Å². The number of piperidine rings is 1. The first kappa shape index (κ1) is 43.8. The Labute approximate surface area is 351 Å². The molecule has 3 amide bonds. The summed E-state index contributed by atoms with van der Waals surface area (Å²) < 4.78 is 53.4. The number of carbonyl (C=O) groups excluding carboxylic acids is 3. The summed E-state index contributed by atoms with van der Waals surface area (Å²) >= 11 is 0. The number of halogens is 3. The van der Waals surface area contributed by atoms with Crippen LogP contribution < -0.4 is 10.6 Å². The van der Waals surface area contributed by atoms with Gasteiger partial charge in [-0.05, 0) is 105 Å². The van der Waals surface area contributed by atoms with E-state index in [0.29, 0.717) is 29.8 Å². The molecular weight excluding hydrogens is 774 g/mol. The lowest BCUT2D eigenvalue weighted by atomic mass is 9.75. The van der Waals surface area contributed by atoms with E-state index in [1.165, 1.54) is 12.8 Å². The van der Waals surface area contributed by atoms with Crippen LogP contribution in [0.4, 0.5) is 13.2 Å². The average Bonchev–Trinajstić information content (AvgIpc) is 3.73. The Kier molecular flexibility index (Phi) is 13.4. The minimum atomic E-state index is -5.04. The number of likely N-dealkylation sites (tertiary alicyclic amines) is 2. The predicted molar refractivity (Wildman–Crippen MR) is 221 cm³/mol. The Morgan fingerprint density at radius 3 is 2.22 bits per heavy atom. The number of fused-ring (bicyclic) bond motifs is 1. The van der Waals surface area contributed by atoms with Crippen molar-refractivity contribution in [2.24, 2.45) is 11.8 Å². The Morgan fingerprint density at radius 1 is 0.783 bits per heavy atom. The van der Waals surface area contributed by atoms with Crippen LogP contribution in [0.2, 0.25) is 0 Å². The van der Waals surface area contributed by atoms with Crippen molar-refractivity contribution in [3.63, 3.8) is 0 Å². The fourth-order valence-corrected chi connectivity index (χ4v) is 9.74. The number of aliphatic hydroxyl groups excluding tert-OH is 1. The van der Waals surface area contributed by atoms with Crippen molar-refractivity contribution in [1.29, 1.82) is 0 Å². The number of hydrogen-bond acceptors (Lipinski definition) is 7. The van der Waals surface area contributed by atoms with Crippen molar-refractivity contribution in [3.05, 3.63) is 95.1 Å². The van der Waals surface area contributed by atoms with Gasteiger partial charge in [0.15, 0.2) is 6.29 Å². The zero-order valence-corrected chi connectivity index (χ0v) is 35.0. The van der Waals surface area contributed by atoms with Gasteiger partial charge in [-0.25, -0.2) is 0 Å². The first-order valence-electron chi connectivity index (χ1n) is 21.5. The van der Waals surface area contributed by atoms with E-state index < -0.39 is 30.3 Å². The molecule has 1 aliphatic carbocycles. The maximum absolute atomic E-state index is 13.9. The van der Waals surface area contributed by atoms with Crippen LogP contribution in [0.5, 0.6) is 0 Å². The third-order valence-corrected chi connectivity index (χ3v) is 12.8. The summed E-state index contributed by atoms with van der Waals surface area (Å²) in [5.74, 6) is -2.07. The van der Waals surface area contributed by atoms with Crippen molar-refractivity contribution in [2.75, 3.05) is 13.1 Å². The molecule has 13 heteroatoms. The normalized spacial score (nSPS) is 27.6. The number of hydrogen-bond donors (Lipinski definition) is 3. The van der Waals surface area contributed by atoms with Gasteiger partial charge in [-0.2, -0.15) is 13.2 Å². The van der Waals surface area contributed by atoms with Crippen LogP contribution >= 0.6 is 0 Å². The summed E-state index contributed by atoms with van der Waals surface area (Å²) in [6.45, 7) is 8.69. The molecular formula is C47H59F3N4O6.